The zero-order valence-corrected chi connectivity index (χ0v) is 10.9. The summed E-state index contributed by atoms with van der Waals surface area (Å²) in [7, 11) is 0. The number of alkyl halides is 2. The number of non-ortho nitro benzene ring substituents is 1. The molecule has 0 N–H and O–H groups in total. The number of halogens is 2. The predicted molar refractivity (Wildman–Crippen MR) is 71.3 cm³/mol. The van der Waals surface area contributed by atoms with E-state index >= 15 is 0 Å². The molecule has 0 radical (unpaired) electrons. The zero-order chi connectivity index (χ0) is 15.0. The average molecular weight is 294 g/mol. The lowest BCUT2D eigenvalue weighted by Crippen LogP contribution is -2.22. The van der Waals surface area contributed by atoms with Crippen molar-refractivity contribution in [1.29, 1.82) is 0 Å². The third-order valence-electron chi connectivity index (χ3n) is 3.56. The number of nitro groups is 1. The first-order valence-electron chi connectivity index (χ1n) is 6.38. The summed E-state index contributed by atoms with van der Waals surface area (Å²) < 4.78 is 26.4. The molecular formula is C13H12F2N4O2. The number of benzene rings is 1. The maximum absolute atomic E-state index is 12.8. The second-order valence-electron chi connectivity index (χ2n) is 4.77. The molecule has 1 aromatic carbocycles. The second kappa shape index (κ2) is 5.12. The molecule has 0 amide bonds. The van der Waals surface area contributed by atoms with Crippen molar-refractivity contribution in [2.24, 2.45) is 0 Å². The van der Waals surface area contributed by atoms with Gasteiger partial charge in [-0.15, -0.1) is 0 Å². The van der Waals surface area contributed by atoms with E-state index in [2.05, 4.69) is 4.98 Å². The van der Waals surface area contributed by atoms with Gasteiger partial charge in [-0.1, -0.05) is 6.07 Å². The SMILES string of the molecule is O=[N+]([O-])c1ccc2c(c1)N(Cc1nccn1C(F)F)CC2. The lowest BCUT2D eigenvalue weighted by Gasteiger charge is -2.19. The van der Waals surface area contributed by atoms with Crippen LogP contribution in [0.25, 0.3) is 0 Å². The highest BCUT2D eigenvalue weighted by atomic mass is 19.3. The highest BCUT2D eigenvalue weighted by Crippen LogP contribution is 2.32. The summed E-state index contributed by atoms with van der Waals surface area (Å²) >= 11 is 0. The van der Waals surface area contributed by atoms with Crippen LogP contribution in [0.1, 0.15) is 17.9 Å². The first-order valence-corrected chi connectivity index (χ1v) is 6.38. The van der Waals surface area contributed by atoms with Crippen LogP contribution in [0.3, 0.4) is 0 Å². The predicted octanol–water partition coefficient (Wildman–Crippen LogP) is 2.75. The van der Waals surface area contributed by atoms with Crippen LogP contribution in [0.5, 0.6) is 0 Å². The number of anilines is 1. The van der Waals surface area contributed by atoms with Gasteiger partial charge in [0.1, 0.15) is 5.82 Å². The van der Waals surface area contributed by atoms with E-state index in [0.29, 0.717) is 12.2 Å². The summed E-state index contributed by atoms with van der Waals surface area (Å²) in [6.45, 7) is -1.81. The third kappa shape index (κ3) is 2.44. The fourth-order valence-electron chi connectivity index (χ4n) is 2.53. The average Bonchev–Trinajstić information content (AvgIpc) is 3.06. The Bertz CT molecular complexity index is 687. The van der Waals surface area contributed by atoms with Gasteiger partial charge in [-0.25, -0.2) is 4.98 Å². The Morgan fingerprint density at radius 1 is 1.43 bits per heavy atom. The van der Waals surface area contributed by atoms with E-state index in [9.17, 15) is 18.9 Å². The van der Waals surface area contributed by atoms with E-state index in [4.69, 9.17) is 0 Å². The minimum atomic E-state index is -2.64. The van der Waals surface area contributed by atoms with Crippen LogP contribution >= 0.6 is 0 Å². The van der Waals surface area contributed by atoms with Gasteiger partial charge in [-0.05, 0) is 12.0 Å². The van der Waals surface area contributed by atoms with Crippen LogP contribution in [0.15, 0.2) is 30.6 Å². The molecule has 0 fully saturated rings. The van der Waals surface area contributed by atoms with Gasteiger partial charge in [0.25, 0.3) is 5.69 Å². The monoisotopic (exact) mass is 294 g/mol. The molecule has 110 valence electrons. The maximum Gasteiger partial charge on any atom is 0.319 e. The molecule has 0 saturated carbocycles. The number of aromatic nitrogens is 2. The molecule has 1 aliphatic heterocycles. The van der Waals surface area contributed by atoms with Crippen molar-refractivity contribution in [3.8, 4) is 0 Å². The highest BCUT2D eigenvalue weighted by Gasteiger charge is 2.24. The lowest BCUT2D eigenvalue weighted by molar-refractivity contribution is -0.384. The Kier molecular flexibility index (Phi) is 3.28. The van der Waals surface area contributed by atoms with E-state index in [1.54, 1.807) is 6.07 Å². The minimum Gasteiger partial charge on any atom is -0.363 e. The molecule has 6 nitrogen and oxygen atoms in total. The number of hydrogen-bond donors (Lipinski definition) is 0. The summed E-state index contributed by atoms with van der Waals surface area (Å²) in [5.74, 6) is 0.240. The lowest BCUT2D eigenvalue weighted by atomic mass is 10.1. The van der Waals surface area contributed by atoms with Crippen LogP contribution in [0, 0.1) is 10.1 Å². The quantitative estimate of drug-likeness (QED) is 0.642. The molecule has 1 aromatic heterocycles. The van der Waals surface area contributed by atoms with Gasteiger partial charge in [0.2, 0.25) is 0 Å². The van der Waals surface area contributed by atoms with Gasteiger partial charge in [0, 0.05) is 36.8 Å². The van der Waals surface area contributed by atoms with Crippen LogP contribution in [-0.4, -0.2) is 21.0 Å². The Balaban J connectivity index is 1.88. The molecule has 21 heavy (non-hydrogen) atoms. The van der Waals surface area contributed by atoms with Crippen molar-refractivity contribution in [1.82, 2.24) is 9.55 Å². The molecule has 1 aliphatic rings. The molecule has 8 heteroatoms. The number of imidazole rings is 1. The first kappa shape index (κ1) is 13.5. The number of nitrogens with zero attached hydrogens (tertiary/aromatic N) is 4. The molecule has 0 spiro atoms. The van der Waals surface area contributed by atoms with E-state index in [1.165, 1.54) is 24.5 Å². The smallest absolute Gasteiger partial charge is 0.319 e. The molecular weight excluding hydrogens is 282 g/mol. The van der Waals surface area contributed by atoms with Crippen LogP contribution < -0.4 is 4.90 Å². The number of rotatable bonds is 4. The van der Waals surface area contributed by atoms with Gasteiger partial charge >= 0.3 is 6.55 Å². The number of nitro benzene ring substituents is 1. The number of hydrogen-bond acceptors (Lipinski definition) is 4. The summed E-state index contributed by atoms with van der Waals surface area (Å²) in [5.41, 5.74) is 1.70. The topological polar surface area (TPSA) is 64.2 Å². The van der Waals surface area contributed by atoms with Gasteiger partial charge in [-0.3, -0.25) is 14.7 Å². The molecule has 0 unspecified atom stereocenters. The fraction of sp³-hybridized carbons (Fsp3) is 0.308. The van der Waals surface area contributed by atoms with E-state index in [1.807, 2.05) is 4.90 Å². The van der Waals surface area contributed by atoms with Crippen molar-refractivity contribution in [2.45, 2.75) is 19.5 Å². The zero-order valence-electron chi connectivity index (χ0n) is 10.9. The molecule has 2 heterocycles. The summed E-state index contributed by atoms with van der Waals surface area (Å²) in [6, 6.07) is 4.66. The first-order chi connectivity index (χ1) is 10.1. The van der Waals surface area contributed by atoms with Gasteiger partial charge in [0.05, 0.1) is 11.5 Å². The van der Waals surface area contributed by atoms with Crippen molar-refractivity contribution in [3.63, 3.8) is 0 Å². The minimum absolute atomic E-state index is 0.00199. The molecule has 3 rings (SSSR count). The van der Waals surface area contributed by atoms with Crippen LogP contribution in [-0.2, 0) is 13.0 Å². The molecule has 0 aliphatic carbocycles. The molecule has 0 atom stereocenters. The highest BCUT2D eigenvalue weighted by molar-refractivity contribution is 5.62. The summed E-state index contributed by atoms with van der Waals surface area (Å²) in [4.78, 5) is 16.2. The Hall–Kier alpha value is -2.51. The molecule has 0 bridgehead atoms. The normalized spacial score (nSPS) is 13.8. The van der Waals surface area contributed by atoms with E-state index in [0.717, 1.165) is 16.6 Å². The fourth-order valence-corrected chi connectivity index (χ4v) is 2.53. The molecule has 0 saturated heterocycles. The van der Waals surface area contributed by atoms with Crippen LogP contribution in [0.4, 0.5) is 20.2 Å². The van der Waals surface area contributed by atoms with Gasteiger partial charge < -0.3 is 4.90 Å². The second-order valence-corrected chi connectivity index (χ2v) is 4.77. The Morgan fingerprint density at radius 3 is 2.95 bits per heavy atom. The van der Waals surface area contributed by atoms with Crippen molar-refractivity contribution < 1.29 is 13.7 Å². The van der Waals surface area contributed by atoms with Crippen molar-refractivity contribution in [3.05, 3.63) is 52.1 Å². The third-order valence-corrected chi connectivity index (χ3v) is 3.56. The Labute approximate surface area is 118 Å². The summed E-state index contributed by atoms with van der Waals surface area (Å²) in [5, 5.41) is 10.8. The van der Waals surface area contributed by atoms with Crippen LogP contribution in [0.2, 0.25) is 0 Å². The maximum atomic E-state index is 12.8. The largest absolute Gasteiger partial charge is 0.363 e. The number of fused-ring (bicyclic) bond motifs is 1. The molecule has 2 aromatic rings. The Morgan fingerprint density at radius 2 is 2.24 bits per heavy atom. The standard InChI is InChI=1S/C13H12F2N4O2/c14-13(15)18-6-4-16-12(18)8-17-5-3-9-1-2-10(19(20)21)7-11(9)17/h1-2,4,6-7,13H,3,5,8H2. The van der Waals surface area contributed by atoms with E-state index < -0.39 is 11.5 Å². The van der Waals surface area contributed by atoms with E-state index in [-0.39, 0.29) is 18.1 Å². The van der Waals surface area contributed by atoms with Crippen molar-refractivity contribution >= 4 is 11.4 Å². The summed E-state index contributed by atoms with van der Waals surface area (Å²) in [6.07, 6.45) is 3.29. The van der Waals surface area contributed by atoms with Gasteiger partial charge in [-0.2, -0.15) is 8.78 Å². The van der Waals surface area contributed by atoms with Crippen molar-refractivity contribution in [2.75, 3.05) is 11.4 Å². The van der Waals surface area contributed by atoms with Gasteiger partial charge in [0.15, 0.2) is 0 Å².